The zero-order valence-corrected chi connectivity index (χ0v) is 11.5. The number of ketones is 1. The number of carbonyl (C=O) groups is 1. The van der Waals surface area contributed by atoms with E-state index in [1.807, 2.05) is 66.7 Å². The Labute approximate surface area is 124 Å². The van der Waals surface area contributed by atoms with Gasteiger partial charge in [-0.15, -0.1) is 0 Å². The molecule has 0 aliphatic carbocycles. The molecule has 2 aromatic carbocycles. The lowest BCUT2D eigenvalue weighted by Crippen LogP contribution is -1.92. The lowest BCUT2D eigenvalue weighted by Gasteiger charge is -1.94. The van der Waals surface area contributed by atoms with Crippen LogP contribution in [0.25, 0.3) is 6.08 Å². The first-order valence-electron chi connectivity index (χ1n) is 6.61. The summed E-state index contributed by atoms with van der Waals surface area (Å²) in [7, 11) is 0. The molecule has 3 aromatic rings. The highest BCUT2D eigenvalue weighted by Crippen LogP contribution is 2.05. The van der Waals surface area contributed by atoms with Crippen LogP contribution in [-0.4, -0.2) is 15.8 Å². The van der Waals surface area contributed by atoms with Crippen molar-refractivity contribution in [2.24, 2.45) is 0 Å². The molecule has 3 rings (SSSR count). The minimum atomic E-state index is 0.0319. The number of aromatic amines is 1. The Hall–Kier alpha value is -2.94. The van der Waals surface area contributed by atoms with Gasteiger partial charge in [-0.1, -0.05) is 66.7 Å². The molecule has 0 saturated carbocycles. The first kappa shape index (κ1) is 14.5. The first-order valence-corrected chi connectivity index (χ1v) is 6.61. The maximum Gasteiger partial charge on any atom is 0.185 e. The van der Waals surface area contributed by atoms with Crippen LogP contribution in [0.2, 0.25) is 0 Å². The molecule has 0 bridgehead atoms. The van der Waals surface area contributed by atoms with E-state index in [9.17, 15) is 4.79 Å². The van der Waals surface area contributed by atoms with Gasteiger partial charge in [0.2, 0.25) is 0 Å². The normalized spacial score (nSPS) is 9.90. The van der Waals surface area contributed by atoms with Gasteiger partial charge >= 0.3 is 0 Å². The fourth-order valence-corrected chi connectivity index (χ4v) is 1.65. The quantitative estimate of drug-likeness (QED) is 0.580. The van der Waals surface area contributed by atoms with Gasteiger partial charge in [-0.2, -0.15) is 0 Å². The van der Waals surface area contributed by atoms with E-state index < -0.39 is 0 Å². The highest BCUT2D eigenvalue weighted by Gasteiger charge is 1.98. The second kappa shape index (κ2) is 8.27. The van der Waals surface area contributed by atoms with Crippen molar-refractivity contribution in [2.45, 2.75) is 0 Å². The highest BCUT2D eigenvalue weighted by atomic mass is 16.1. The molecule has 0 atom stereocenters. The lowest BCUT2D eigenvalue weighted by atomic mass is 10.1. The third-order valence-corrected chi connectivity index (χ3v) is 2.69. The van der Waals surface area contributed by atoms with Crippen LogP contribution in [0.5, 0.6) is 0 Å². The van der Waals surface area contributed by atoms with E-state index in [-0.39, 0.29) is 5.78 Å². The summed E-state index contributed by atoms with van der Waals surface area (Å²) in [4.78, 5) is 18.1. The fraction of sp³-hybridized carbons (Fsp3) is 0. The zero-order chi connectivity index (χ0) is 14.8. The van der Waals surface area contributed by atoms with Crippen molar-refractivity contribution in [3.05, 3.63) is 96.6 Å². The molecule has 1 N–H and O–H groups in total. The standard InChI is InChI=1S/C15H12O.C3H4N2/c16-15(14-9-5-2-6-10-14)12-11-13-7-3-1-4-8-13;1-2-5-3-4-1/h1-12H;1-3H,(H,4,5)/b12-11+;. The van der Waals surface area contributed by atoms with Gasteiger partial charge in [0.15, 0.2) is 5.78 Å². The van der Waals surface area contributed by atoms with Crippen molar-refractivity contribution >= 4 is 11.9 Å². The molecule has 0 fully saturated rings. The van der Waals surface area contributed by atoms with Gasteiger partial charge in [0.05, 0.1) is 6.33 Å². The molecule has 104 valence electrons. The van der Waals surface area contributed by atoms with Crippen molar-refractivity contribution in [1.29, 1.82) is 0 Å². The number of nitrogens with zero attached hydrogens (tertiary/aromatic N) is 1. The maximum absolute atomic E-state index is 11.7. The Morgan fingerprint density at radius 1 is 0.952 bits per heavy atom. The zero-order valence-electron chi connectivity index (χ0n) is 11.5. The molecule has 0 saturated heterocycles. The van der Waals surface area contributed by atoms with Crippen LogP contribution in [-0.2, 0) is 0 Å². The van der Waals surface area contributed by atoms with Crippen LogP contribution in [0.3, 0.4) is 0 Å². The Bertz CT molecular complexity index is 642. The third-order valence-electron chi connectivity index (χ3n) is 2.69. The van der Waals surface area contributed by atoms with Crippen LogP contribution >= 0.6 is 0 Å². The van der Waals surface area contributed by atoms with Crippen molar-refractivity contribution in [3.8, 4) is 0 Å². The molecule has 1 heterocycles. The monoisotopic (exact) mass is 276 g/mol. The van der Waals surface area contributed by atoms with Gasteiger partial charge in [-0.3, -0.25) is 4.79 Å². The Morgan fingerprint density at radius 2 is 1.62 bits per heavy atom. The van der Waals surface area contributed by atoms with Crippen LogP contribution in [0.1, 0.15) is 15.9 Å². The smallest absolute Gasteiger partial charge is 0.185 e. The molecule has 0 unspecified atom stereocenters. The topological polar surface area (TPSA) is 45.8 Å². The molecule has 0 aliphatic heterocycles. The minimum Gasteiger partial charge on any atom is -0.351 e. The van der Waals surface area contributed by atoms with E-state index in [2.05, 4.69) is 9.97 Å². The molecular formula is C18H16N2O. The van der Waals surface area contributed by atoms with E-state index in [1.165, 1.54) is 0 Å². The van der Waals surface area contributed by atoms with Crippen molar-refractivity contribution in [1.82, 2.24) is 9.97 Å². The summed E-state index contributed by atoms with van der Waals surface area (Å²) in [5, 5.41) is 0. The van der Waals surface area contributed by atoms with E-state index in [0.717, 1.165) is 11.1 Å². The molecule has 21 heavy (non-hydrogen) atoms. The van der Waals surface area contributed by atoms with Gasteiger partial charge in [0, 0.05) is 18.0 Å². The summed E-state index contributed by atoms with van der Waals surface area (Å²) in [5.41, 5.74) is 1.75. The van der Waals surface area contributed by atoms with Crippen molar-refractivity contribution < 1.29 is 4.79 Å². The second-order valence-corrected chi connectivity index (χ2v) is 4.23. The van der Waals surface area contributed by atoms with E-state index in [1.54, 1.807) is 24.8 Å². The van der Waals surface area contributed by atoms with Crippen LogP contribution < -0.4 is 0 Å². The Kier molecular flexibility index (Phi) is 5.70. The minimum absolute atomic E-state index is 0.0319. The molecule has 0 spiro atoms. The second-order valence-electron chi connectivity index (χ2n) is 4.23. The number of nitrogens with one attached hydrogen (secondary N) is 1. The van der Waals surface area contributed by atoms with Gasteiger partial charge in [-0.05, 0) is 11.6 Å². The summed E-state index contributed by atoms with van der Waals surface area (Å²) >= 11 is 0. The van der Waals surface area contributed by atoms with Crippen LogP contribution in [0, 0.1) is 0 Å². The SMILES string of the molecule is O=C(/C=C/c1ccccc1)c1ccccc1.c1c[nH]cn1. The lowest BCUT2D eigenvalue weighted by molar-refractivity contribution is 0.104. The number of H-pyrrole nitrogens is 1. The number of hydrogen-bond acceptors (Lipinski definition) is 2. The van der Waals surface area contributed by atoms with Crippen LogP contribution in [0.4, 0.5) is 0 Å². The van der Waals surface area contributed by atoms with Gasteiger partial charge < -0.3 is 4.98 Å². The van der Waals surface area contributed by atoms with Gasteiger partial charge in [0.1, 0.15) is 0 Å². The van der Waals surface area contributed by atoms with Gasteiger partial charge in [-0.25, -0.2) is 4.98 Å². The number of hydrogen-bond donors (Lipinski definition) is 1. The third kappa shape index (κ3) is 5.28. The molecular weight excluding hydrogens is 260 g/mol. The summed E-state index contributed by atoms with van der Waals surface area (Å²) in [5.74, 6) is 0.0319. The molecule has 3 heteroatoms. The predicted molar refractivity (Wildman–Crippen MR) is 84.8 cm³/mol. The van der Waals surface area contributed by atoms with Crippen molar-refractivity contribution in [2.75, 3.05) is 0 Å². The summed E-state index contributed by atoms with van der Waals surface area (Å²) < 4.78 is 0. The maximum atomic E-state index is 11.7. The van der Waals surface area contributed by atoms with E-state index in [0.29, 0.717) is 0 Å². The number of aromatic nitrogens is 2. The largest absolute Gasteiger partial charge is 0.351 e. The first-order chi connectivity index (χ1) is 10.4. The summed E-state index contributed by atoms with van der Waals surface area (Å²) in [6.45, 7) is 0. The fourth-order valence-electron chi connectivity index (χ4n) is 1.65. The molecule has 0 aliphatic rings. The number of allylic oxidation sites excluding steroid dienone is 1. The number of rotatable bonds is 3. The number of carbonyl (C=O) groups excluding carboxylic acids is 1. The summed E-state index contributed by atoms with van der Waals surface area (Å²) in [6, 6.07) is 19.1. The number of benzene rings is 2. The van der Waals surface area contributed by atoms with E-state index in [4.69, 9.17) is 0 Å². The van der Waals surface area contributed by atoms with Crippen molar-refractivity contribution in [3.63, 3.8) is 0 Å². The highest BCUT2D eigenvalue weighted by molar-refractivity contribution is 6.06. The molecule has 1 aromatic heterocycles. The molecule has 0 amide bonds. The number of imidazole rings is 1. The van der Waals surface area contributed by atoms with Crippen LogP contribution in [0.15, 0.2) is 85.5 Å². The average Bonchev–Trinajstić information content (AvgIpc) is 3.14. The van der Waals surface area contributed by atoms with Gasteiger partial charge in [0.25, 0.3) is 0 Å². The van der Waals surface area contributed by atoms with E-state index >= 15 is 0 Å². The summed E-state index contributed by atoms with van der Waals surface area (Å²) in [6.07, 6.45) is 8.51. The molecule has 0 radical (unpaired) electrons. The Morgan fingerprint density at radius 3 is 2.14 bits per heavy atom. The predicted octanol–water partition coefficient (Wildman–Crippen LogP) is 3.99. The molecule has 3 nitrogen and oxygen atoms in total. The average molecular weight is 276 g/mol. The Balaban J connectivity index is 0.000000272.